The lowest BCUT2D eigenvalue weighted by Gasteiger charge is -2.29. The zero-order valence-electron chi connectivity index (χ0n) is 13.4. The second-order valence-electron chi connectivity index (χ2n) is 5.35. The van der Waals surface area contributed by atoms with Gasteiger partial charge in [-0.2, -0.15) is 0 Å². The molecule has 0 bridgehead atoms. The van der Waals surface area contributed by atoms with Gasteiger partial charge in [-0.3, -0.25) is 9.69 Å². The number of primary amides is 1. The van der Waals surface area contributed by atoms with E-state index in [0.717, 1.165) is 13.1 Å². The molecule has 120 valence electrons. The van der Waals surface area contributed by atoms with E-state index >= 15 is 0 Å². The number of nitrogens with zero attached hydrogens (tertiary/aromatic N) is 1. The van der Waals surface area contributed by atoms with Gasteiger partial charge >= 0.3 is 6.03 Å². The van der Waals surface area contributed by atoms with Crippen molar-refractivity contribution in [3.05, 3.63) is 0 Å². The van der Waals surface area contributed by atoms with Crippen LogP contribution in [0.5, 0.6) is 0 Å². The first-order valence-electron chi connectivity index (χ1n) is 6.74. The first-order valence-corrected chi connectivity index (χ1v) is 7.27. The Labute approximate surface area is 127 Å². The lowest BCUT2D eigenvalue weighted by molar-refractivity contribution is -0.115. The topological polar surface area (TPSA) is 87.5 Å². The summed E-state index contributed by atoms with van der Waals surface area (Å²) in [7, 11) is 0. The van der Waals surface area contributed by atoms with E-state index in [9.17, 15) is 9.59 Å². The van der Waals surface area contributed by atoms with Gasteiger partial charge in [-0.05, 0) is 40.8 Å². The Morgan fingerprint density at radius 2 is 1.65 bits per heavy atom. The molecular formula is C13H29ClN4O2. The number of alkyl halides is 1. The molecule has 0 aromatic carbocycles. The van der Waals surface area contributed by atoms with Crippen LogP contribution in [0.3, 0.4) is 0 Å². The standard InChI is InChI=1S/C11H25N3O.C2H4ClNO/c1-7-14(8-2)9(3)12-10(15)13-11(4,5)6;3-1-2(4)5/h9H,7-8H2,1-6H3,(H2,12,13,15);1H2,(H2,4,5). The monoisotopic (exact) mass is 308 g/mol. The molecule has 0 saturated carbocycles. The second-order valence-corrected chi connectivity index (χ2v) is 5.61. The maximum atomic E-state index is 11.6. The Morgan fingerprint density at radius 1 is 1.25 bits per heavy atom. The van der Waals surface area contributed by atoms with Crippen LogP contribution >= 0.6 is 11.6 Å². The predicted octanol–water partition coefficient (Wildman–Crippen LogP) is 1.48. The number of carbonyl (C=O) groups is 2. The predicted molar refractivity (Wildman–Crippen MR) is 83.7 cm³/mol. The molecule has 0 aliphatic heterocycles. The number of carbonyl (C=O) groups excluding carboxylic acids is 2. The Morgan fingerprint density at radius 3 is 1.90 bits per heavy atom. The average Bonchev–Trinajstić information content (AvgIpc) is 2.28. The van der Waals surface area contributed by atoms with Gasteiger partial charge in [-0.15, -0.1) is 11.6 Å². The number of hydrogen-bond donors (Lipinski definition) is 3. The third-order valence-electron chi connectivity index (χ3n) is 2.32. The summed E-state index contributed by atoms with van der Waals surface area (Å²) in [5, 5.41) is 5.79. The fraction of sp³-hybridized carbons (Fsp3) is 0.846. The quantitative estimate of drug-likeness (QED) is 0.531. The van der Waals surface area contributed by atoms with Crippen molar-refractivity contribution in [3.8, 4) is 0 Å². The number of hydrogen-bond acceptors (Lipinski definition) is 3. The third kappa shape index (κ3) is 13.4. The van der Waals surface area contributed by atoms with Crippen molar-refractivity contribution in [3.63, 3.8) is 0 Å². The molecule has 6 nitrogen and oxygen atoms in total. The zero-order chi connectivity index (χ0) is 16.3. The Balaban J connectivity index is 0. The molecule has 1 unspecified atom stereocenters. The highest BCUT2D eigenvalue weighted by atomic mass is 35.5. The van der Waals surface area contributed by atoms with Crippen LogP contribution in [0.15, 0.2) is 0 Å². The highest BCUT2D eigenvalue weighted by Crippen LogP contribution is 1.99. The Hall–Kier alpha value is -1.01. The zero-order valence-corrected chi connectivity index (χ0v) is 14.2. The fourth-order valence-corrected chi connectivity index (χ4v) is 1.43. The lowest BCUT2D eigenvalue weighted by Crippen LogP contribution is -2.53. The lowest BCUT2D eigenvalue weighted by atomic mass is 10.1. The van der Waals surface area contributed by atoms with Gasteiger partial charge in [0.2, 0.25) is 5.91 Å². The summed E-state index contributed by atoms with van der Waals surface area (Å²) in [6.45, 7) is 13.9. The van der Waals surface area contributed by atoms with Gasteiger partial charge in [0.05, 0.1) is 6.17 Å². The summed E-state index contributed by atoms with van der Waals surface area (Å²) in [6.07, 6.45) is 0.0716. The molecule has 0 aromatic rings. The van der Waals surface area contributed by atoms with Crippen molar-refractivity contribution in [2.24, 2.45) is 5.73 Å². The van der Waals surface area contributed by atoms with Crippen LogP contribution in [0.1, 0.15) is 41.5 Å². The largest absolute Gasteiger partial charge is 0.369 e. The molecule has 0 saturated heterocycles. The number of urea groups is 1. The molecule has 1 atom stereocenters. The minimum absolute atomic E-state index is 0.0716. The maximum Gasteiger partial charge on any atom is 0.316 e. The smallest absolute Gasteiger partial charge is 0.316 e. The Bertz CT molecular complexity index is 289. The molecule has 0 fully saturated rings. The van der Waals surface area contributed by atoms with Crippen LogP contribution in [0, 0.1) is 0 Å². The van der Waals surface area contributed by atoms with Gasteiger partial charge in [0.15, 0.2) is 0 Å². The molecule has 0 heterocycles. The molecule has 0 aliphatic rings. The Kier molecular flexibility index (Phi) is 11.4. The van der Waals surface area contributed by atoms with E-state index in [1.807, 2.05) is 27.7 Å². The van der Waals surface area contributed by atoms with Crippen molar-refractivity contribution in [1.29, 1.82) is 0 Å². The summed E-state index contributed by atoms with van der Waals surface area (Å²) in [5.41, 5.74) is 4.33. The minimum atomic E-state index is -0.480. The number of rotatable bonds is 5. The first-order chi connectivity index (χ1) is 9.07. The summed E-state index contributed by atoms with van der Waals surface area (Å²) < 4.78 is 0. The van der Waals surface area contributed by atoms with Crippen molar-refractivity contribution >= 4 is 23.5 Å². The number of nitrogens with one attached hydrogen (secondary N) is 2. The molecule has 0 aliphatic carbocycles. The molecule has 4 N–H and O–H groups in total. The molecule has 20 heavy (non-hydrogen) atoms. The number of halogens is 1. The van der Waals surface area contributed by atoms with E-state index in [0.29, 0.717) is 0 Å². The van der Waals surface area contributed by atoms with E-state index in [1.54, 1.807) is 0 Å². The van der Waals surface area contributed by atoms with Crippen molar-refractivity contribution in [2.45, 2.75) is 53.2 Å². The molecule has 7 heteroatoms. The van der Waals surface area contributed by atoms with E-state index < -0.39 is 5.91 Å². The van der Waals surface area contributed by atoms with E-state index in [1.165, 1.54) is 0 Å². The fourth-order valence-electron chi connectivity index (χ4n) is 1.43. The summed E-state index contributed by atoms with van der Waals surface area (Å²) in [5.74, 6) is -0.563. The molecule has 0 rings (SSSR count). The van der Waals surface area contributed by atoms with Crippen LogP contribution in [0.4, 0.5) is 4.79 Å². The van der Waals surface area contributed by atoms with Crippen LogP contribution in [-0.4, -0.2) is 47.5 Å². The van der Waals surface area contributed by atoms with E-state index in [-0.39, 0.29) is 23.6 Å². The van der Waals surface area contributed by atoms with Crippen LogP contribution in [0.25, 0.3) is 0 Å². The summed E-state index contributed by atoms with van der Waals surface area (Å²) >= 11 is 4.86. The molecule has 0 radical (unpaired) electrons. The van der Waals surface area contributed by atoms with Crippen molar-refractivity contribution in [1.82, 2.24) is 15.5 Å². The van der Waals surface area contributed by atoms with Crippen LogP contribution < -0.4 is 16.4 Å². The summed E-state index contributed by atoms with van der Waals surface area (Å²) in [6, 6.07) is -0.109. The molecular weight excluding hydrogens is 280 g/mol. The van der Waals surface area contributed by atoms with Crippen molar-refractivity contribution < 1.29 is 9.59 Å². The highest BCUT2D eigenvalue weighted by molar-refractivity contribution is 6.27. The van der Waals surface area contributed by atoms with Gasteiger partial charge in [-0.1, -0.05) is 13.8 Å². The molecule has 0 aromatic heterocycles. The SMILES string of the molecule is CCN(CC)C(C)NC(=O)NC(C)(C)C.NC(=O)CCl. The number of amides is 3. The second kappa shape index (κ2) is 10.7. The van der Waals surface area contributed by atoms with E-state index in [2.05, 4.69) is 35.1 Å². The van der Waals surface area contributed by atoms with Crippen LogP contribution in [0.2, 0.25) is 0 Å². The van der Waals surface area contributed by atoms with Gasteiger partial charge in [0, 0.05) is 5.54 Å². The number of nitrogens with two attached hydrogens (primary N) is 1. The molecule has 3 amide bonds. The van der Waals surface area contributed by atoms with Gasteiger partial charge in [0.1, 0.15) is 5.88 Å². The maximum absolute atomic E-state index is 11.6. The van der Waals surface area contributed by atoms with Crippen molar-refractivity contribution in [2.75, 3.05) is 19.0 Å². The van der Waals surface area contributed by atoms with Crippen LogP contribution in [-0.2, 0) is 4.79 Å². The molecule has 0 spiro atoms. The van der Waals surface area contributed by atoms with Gasteiger partial charge in [0.25, 0.3) is 0 Å². The normalized spacial score (nSPS) is 12.2. The minimum Gasteiger partial charge on any atom is -0.369 e. The third-order valence-corrected chi connectivity index (χ3v) is 2.58. The van der Waals surface area contributed by atoms with Gasteiger partial charge in [-0.25, -0.2) is 4.79 Å². The highest BCUT2D eigenvalue weighted by Gasteiger charge is 2.17. The first kappa shape index (κ1) is 21.3. The van der Waals surface area contributed by atoms with Gasteiger partial charge < -0.3 is 16.4 Å². The summed E-state index contributed by atoms with van der Waals surface area (Å²) in [4.78, 5) is 23.2. The van der Waals surface area contributed by atoms with E-state index in [4.69, 9.17) is 11.6 Å². The average molecular weight is 309 g/mol.